The zero-order chi connectivity index (χ0) is 10.4. The highest BCUT2D eigenvalue weighted by atomic mass is 16.3. The molecule has 0 aromatic rings. The first-order chi connectivity index (χ1) is 5.76. The lowest BCUT2D eigenvalue weighted by Gasteiger charge is -2.18. The van der Waals surface area contributed by atoms with Gasteiger partial charge in [0.2, 0.25) is 0 Å². The smallest absolute Gasteiger partial charge is 0.0616 e. The molecule has 2 unspecified atom stereocenters. The van der Waals surface area contributed by atoms with Crippen LogP contribution in [0.15, 0.2) is 0 Å². The van der Waals surface area contributed by atoms with Gasteiger partial charge in [-0.3, -0.25) is 0 Å². The Hall–Kier alpha value is -0.0800. The van der Waals surface area contributed by atoms with Gasteiger partial charge in [0, 0.05) is 0 Å². The van der Waals surface area contributed by atoms with E-state index in [4.69, 9.17) is 5.73 Å². The first kappa shape index (κ1) is 11.0. The number of hydrogen-bond acceptors (Lipinski definition) is 2. The van der Waals surface area contributed by atoms with Gasteiger partial charge in [0.05, 0.1) is 6.10 Å². The van der Waals surface area contributed by atoms with E-state index < -0.39 is 0 Å². The molecule has 0 amide bonds. The van der Waals surface area contributed by atoms with Gasteiger partial charge in [-0.25, -0.2) is 0 Å². The molecule has 1 rings (SSSR count). The molecule has 78 valence electrons. The third kappa shape index (κ3) is 1.40. The number of hydrogen-bond donors (Lipinski definition) is 2. The standard InChI is InChI=1S/C11H23NO/c1-7(6-12)8(13)9-10(2,3)11(9,4)5/h7-9,13H,6,12H2,1-5H3. The minimum atomic E-state index is -0.241. The molecule has 1 saturated carbocycles. The van der Waals surface area contributed by atoms with E-state index in [2.05, 4.69) is 27.7 Å². The van der Waals surface area contributed by atoms with Crippen LogP contribution in [0.2, 0.25) is 0 Å². The Bertz CT molecular complexity index is 184. The van der Waals surface area contributed by atoms with Gasteiger partial charge in [-0.1, -0.05) is 34.6 Å². The lowest BCUT2D eigenvalue weighted by molar-refractivity contribution is 0.0797. The minimum Gasteiger partial charge on any atom is -0.392 e. The maximum atomic E-state index is 10.0. The number of rotatable bonds is 3. The van der Waals surface area contributed by atoms with Crippen LogP contribution in [0.4, 0.5) is 0 Å². The van der Waals surface area contributed by atoms with Gasteiger partial charge in [0.25, 0.3) is 0 Å². The average Bonchev–Trinajstić information content (AvgIpc) is 2.41. The normalized spacial score (nSPS) is 29.8. The van der Waals surface area contributed by atoms with Gasteiger partial charge < -0.3 is 10.8 Å². The highest BCUT2D eigenvalue weighted by Gasteiger charge is 2.67. The molecule has 0 aromatic carbocycles. The van der Waals surface area contributed by atoms with E-state index in [0.29, 0.717) is 12.5 Å². The maximum Gasteiger partial charge on any atom is 0.0616 e. The second kappa shape index (κ2) is 2.96. The van der Waals surface area contributed by atoms with Crippen LogP contribution >= 0.6 is 0 Å². The van der Waals surface area contributed by atoms with Crippen molar-refractivity contribution >= 4 is 0 Å². The van der Waals surface area contributed by atoms with E-state index in [1.165, 1.54) is 0 Å². The van der Waals surface area contributed by atoms with Gasteiger partial charge in [-0.05, 0) is 29.2 Å². The summed E-state index contributed by atoms with van der Waals surface area (Å²) < 4.78 is 0. The molecule has 2 heteroatoms. The summed E-state index contributed by atoms with van der Waals surface area (Å²) in [6.07, 6.45) is -0.241. The highest BCUT2D eigenvalue weighted by molar-refractivity contribution is 5.15. The van der Waals surface area contributed by atoms with Crippen molar-refractivity contribution in [1.82, 2.24) is 0 Å². The Labute approximate surface area is 81.5 Å². The first-order valence-electron chi connectivity index (χ1n) is 5.15. The molecule has 0 aliphatic heterocycles. The van der Waals surface area contributed by atoms with Crippen molar-refractivity contribution in [2.24, 2.45) is 28.4 Å². The third-order valence-corrected chi connectivity index (χ3v) is 4.43. The van der Waals surface area contributed by atoms with Gasteiger partial charge in [-0.2, -0.15) is 0 Å². The summed E-state index contributed by atoms with van der Waals surface area (Å²) in [6, 6.07) is 0. The van der Waals surface area contributed by atoms with E-state index in [0.717, 1.165) is 0 Å². The van der Waals surface area contributed by atoms with Crippen LogP contribution in [0.3, 0.4) is 0 Å². The van der Waals surface area contributed by atoms with Crippen LogP contribution in [0.1, 0.15) is 34.6 Å². The van der Waals surface area contributed by atoms with Crippen molar-refractivity contribution in [3.8, 4) is 0 Å². The van der Waals surface area contributed by atoms with Crippen LogP contribution in [-0.4, -0.2) is 17.8 Å². The monoisotopic (exact) mass is 185 g/mol. The summed E-state index contributed by atoms with van der Waals surface area (Å²) in [6.45, 7) is 11.5. The fourth-order valence-electron chi connectivity index (χ4n) is 2.57. The number of nitrogens with two attached hydrogens (primary N) is 1. The summed E-state index contributed by atoms with van der Waals surface area (Å²) in [5.74, 6) is 0.615. The molecule has 0 bridgehead atoms. The van der Waals surface area contributed by atoms with Gasteiger partial charge >= 0.3 is 0 Å². The molecule has 0 radical (unpaired) electrons. The van der Waals surface area contributed by atoms with E-state index in [1.54, 1.807) is 0 Å². The van der Waals surface area contributed by atoms with E-state index in [-0.39, 0.29) is 22.9 Å². The molecule has 2 atom stereocenters. The van der Waals surface area contributed by atoms with Crippen molar-refractivity contribution in [2.45, 2.75) is 40.7 Å². The van der Waals surface area contributed by atoms with Crippen molar-refractivity contribution in [1.29, 1.82) is 0 Å². The lowest BCUT2D eigenvalue weighted by Crippen LogP contribution is -2.29. The Balaban J connectivity index is 2.67. The highest BCUT2D eigenvalue weighted by Crippen LogP contribution is 2.70. The Morgan fingerprint density at radius 3 is 1.85 bits per heavy atom. The summed E-state index contributed by atoms with van der Waals surface area (Å²) in [5, 5.41) is 10.0. The molecule has 2 nitrogen and oxygen atoms in total. The Morgan fingerprint density at radius 1 is 1.23 bits per heavy atom. The van der Waals surface area contributed by atoms with Gasteiger partial charge in [0.15, 0.2) is 0 Å². The fraction of sp³-hybridized carbons (Fsp3) is 1.00. The number of aliphatic hydroxyl groups excluding tert-OH is 1. The molecule has 1 aliphatic carbocycles. The summed E-state index contributed by atoms with van der Waals surface area (Å²) >= 11 is 0. The Morgan fingerprint density at radius 2 is 1.62 bits per heavy atom. The molecule has 0 heterocycles. The molecule has 0 saturated heterocycles. The lowest BCUT2D eigenvalue weighted by atomic mass is 9.95. The predicted octanol–water partition coefficient (Wildman–Crippen LogP) is 1.62. The summed E-state index contributed by atoms with van der Waals surface area (Å²) in [7, 11) is 0. The van der Waals surface area contributed by atoms with Crippen LogP contribution in [-0.2, 0) is 0 Å². The van der Waals surface area contributed by atoms with Crippen LogP contribution in [0, 0.1) is 22.7 Å². The molecular formula is C11H23NO. The zero-order valence-electron chi connectivity index (χ0n) is 9.46. The third-order valence-electron chi connectivity index (χ3n) is 4.43. The minimum absolute atomic E-state index is 0.214. The van der Waals surface area contributed by atoms with Crippen molar-refractivity contribution in [2.75, 3.05) is 6.54 Å². The predicted molar refractivity (Wildman–Crippen MR) is 55.3 cm³/mol. The average molecular weight is 185 g/mol. The SMILES string of the molecule is CC(CN)C(O)C1C(C)(C)C1(C)C. The zero-order valence-corrected chi connectivity index (χ0v) is 9.46. The van der Waals surface area contributed by atoms with Crippen LogP contribution < -0.4 is 5.73 Å². The summed E-state index contributed by atoms with van der Waals surface area (Å²) in [4.78, 5) is 0. The van der Waals surface area contributed by atoms with Crippen LogP contribution in [0.5, 0.6) is 0 Å². The van der Waals surface area contributed by atoms with Crippen LogP contribution in [0.25, 0.3) is 0 Å². The summed E-state index contributed by atoms with van der Waals surface area (Å²) in [5.41, 5.74) is 6.08. The molecule has 3 N–H and O–H groups in total. The van der Waals surface area contributed by atoms with E-state index >= 15 is 0 Å². The largest absolute Gasteiger partial charge is 0.392 e. The molecule has 0 aromatic heterocycles. The molecule has 1 aliphatic rings. The fourth-order valence-corrected chi connectivity index (χ4v) is 2.57. The quantitative estimate of drug-likeness (QED) is 0.702. The second-order valence-corrected chi connectivity index (χ2v) is 5.62. The molecule has 1 fully saturated rings. The molecular weight excluding hydrogens is 162 g/mol. The molecule has 0 spiro atoms. The topological polar surface area (TPSA) is 46.2 Å². The van der Waals surface area contributed by atoms with Crippen molar-refractivity contribution in [3.05, 3.63) is 0 Å². The van der Waals surface area contributed by atoms with E-state index in [9.17, 15) is 5.11 Å². The second-order valence-electron chi connectivity index (χ2n) is 5.62. The van der Waals surface area contributed by atoms with Gasteiger partial charge in [0.1, 0.15) is 0 Å². The van der Waals surface area contributed by atoms with E-state index in [1.807, 2.05) is 6.92 Å². The Kier molecular flexibility index (Phi) is 2.50. The molecule has 13 heavy (non-hydrogen) atoms. The number of aliphatic hydroxyl groups is 1. The van der Waals surface area contributed by atoms with Gasteiger partial charge in [-0.15, -0.1) is 0 Å². The first-order valence-corrected chi connectivity index (χ1v) is 5.15. The maximum absolute atomic E-state index is 10.0. The van der Waals surface area contributed by atoms with Crippen molar-refractivity contribution in [3.63, 3.8) is 0 Å². The van der Waals surface area contributed by atoms with Crippen molar-refractivity contribution < 1.29 is 5.11 Å².